The quantitative estimate of drug-likeness (QED) is 0.872. The van der Waals surface area contributed by atoms with Crippen LogP contribution in [-0.4, -0.2) is 22.6 Å². The molecule has 0 radical (unpaired) electrons. The fourth-order valence-corrected chi connectivity index (χ4v) is 2.59. The molecule has 104 valence electrons. The van der Waals surface area contributed by atoms with Crippen molar-refractivity contribution in [3.8, 4) is 0 Å². The Morgan fingerprint density at radius 3 is 2.85 bits per heavy atom. The van der Waals surface area contributed by atoms with Crippen LogP contribution in [0.5, 0.6) is 0 Å². The average Bonchev–Trinajstić information content (AvgIpc) is 2.40. The van der Waals surface area contributed by atoms with Gasteiger partial charge in [0.15, 0.2) is 0 Å². The summed E-state index contributed by atoms with van der Waals surface area (Å²) in [7, 11) is 0. The molecule has 1 heterocycles. The predicted octanol–water partition coefficient (Wildman–Crippen LogP) is 3.54. The number of fused-ring (bicyclic) bond motifs is 1. The fraction of sp³-hybridized carbons (Fsp3) is 0.375. The van der Waals surface area contributed by atoms with Crippen molar-refractivity contribution in [2.45, 2.75) is 25.7 Å². The Morgan fingerprint density at radius 2 is 2.15 bits per heavy atom. The van der Waals surface area contributed by atoms with Crippen LogP contribution in [0, 0.1) is 5.92 Å². The second kappa shape index (κ2) is 5.49. The monoisotopic (exact) mass is 270 g/mol. The molecule has 4 nitrogen and oxygen atoms in total. The molecule has 2 N–H and O–H groups in total. The number of pyridine rings is 1. The number of rotatable bonds is 5. The number of aromatic nitrogens is 1. The van der Waals surface area contributed by atoms with Gasteiger partial charge in [-0.3, -0.25) is 0 Å². The first-order valence-electron chi connectivity index (χ1n) is 7.11. The lowest BCUT2D eigenvalue weighted by Crippen LogP contribution is -2.17. The summed E-state index contributed by atoms with van der Waals surface area (Å²) in [6.45, 7) is 0.788. The molecule has 3 rings (SSSR count). The maximum absolute atomic E-state index is 11.3. The van der Waals surface area contributed by atoms with Gasteiger partial charge in [0.1, 0.15) is 11.4 Å². The molecule has 1 fully saturated rings. The first-order valence-corrected chi connectivity index (χ1v) is 7.11. The van der Waals surface area contributed by atoms with E-state index in [0.29, 0.717) is 5.82 Å². The van der Waals surface area contributed by atoms with E-state index in [1.807, 2.05) is 24.3 Å². The van der Waals surface area contributed by atoms with Crippen LogP contribution in [0.2, 0.25) is 0 Å². The predicted molar refractivity (Wildman–Crippen MR) is 79.2 cm³/mol. The van der Waals surface area contributed by atoms with Gasteiger partial charge in [0.25, 0.3) is 0 Å². The molecule has 20 heavy (non-hydrogen) atoms. The van der Waals surface area contributed by atoms with Crippen molar-refractivity contribution in [2.75, 3.05) is 11.9 Å². The summed E-state index contributed by atoms with van der Waals surface area (Å²) >= 11 is 0. The topological polar surface area (TPSA) is 62.2 Å². The summed E-state index contributed by atoms with van der Waals surface area (Å²) in [5.41, 5.74) is 1.07. The number of carboxylic acids is 1. The minimum atomic E-state index is -0.936. The Hall–Kier alpha value is -2.10. The number of carbonyl (C=O) groups is 1. The third kappa shape index (κ3) is 2.59. The molecule has 4 heteroatoms. The molecule has 0 saturated heterocycles. The zero-order valence-electron chi connectivity index (χ0n) is 11.3. The zero-order valence-corrected chi connectivity index (χ0v) is 11.3. The number of hydrogen-bond acceptors (Lipinski definition) is 3. The minimum absolute atomic E-state index is 0.248. The molecular weight excluding hydrogens is 252 g/mol. The van der Waals surface area contributed by atoms with Crippen LogP contribution in [0.3, 0.4) is 0 Å². The van der Waals surface area contributed by atoms with Gasteiger partial charge in [-0.2, -0.15) is 0 Å². The molecule has 0 atom stereocenters. The number of carboxylic acid groups (broad SMARTS) is 1. The van der Waals surface area contributed by atoms with Gasteiger partial charge in [0.05, 0.1) is 5.52 Å². The Labute approximate surface area is 117 Å². The highest BCUT2D eigenvalue weighted by Gasteiger charge is 2.18. The number of anilines is 1. The van der Waals surface area contributed by atoms with E-state index in [0.717, 1.165) is 29.8 Å². The number of hydrogen-bond donors (Lipinski definition) is 2. The summed E-state index contributed by atoms with van der Waals surface area (Å²) in [6, 6.07) is 9.27. The number of para-hydroxylation sites is 1. The second-order valence-electron chi connectivity index (χ2n) is 5.39. The van der Waals surface area contributed by atoms with Crippen molar-refractivity contribution >= 4 is 22.7 Å². The largest absolute Gasteiger partial charge is 0.478 e. The van der Waals surface area contributed by atoms with Crippen molar-refractivity contribution in [2.24, 2.45) is 5.92 Å². The van der Waals surface area contributed by atoms with Crippen molar-refractivity contribution < 1.29 is 9.90 Å². The maximum Gasteiger partial charge on any atom is 0.339 e. The van der Waals surface area contributed by atoms with Crippen molar-refractivity contribution in [1.29, 1.82) is 0 Å². The molecule has 0 aliphatic heterocycles. The van der Waals surface area contributed by atoms with Gasteiger partial charge < -0.3 is 10.4 Å². The Kier molecular flexibility index (Phi) is 3.54. The number of aromatic carboxylic acids is 1. The van der Waals surface area contributed by atoms with Crippen LogP contribution in [0.25, 0.3) is 10.9 Å². The summed E-state index contributed by atoms with van der Waals surface area (Å²) in [5, 5.41) is 13.4. The van der Waals surface area contributed by atoms with Crippen molar-refractivity contribution in [3.05, 3.63) is 35.9 Å². The molecule has 0 spiro atoms. The van der Waals surface area contributed by atoms with E-state index in [4.69, 9.17) is 0 Å². The van der Waals surface area contributed by atoms with Gasteiger partial charge in [0, 0.05) is 11.9 Å². The molecule has 1 aliphatic carbocycles. The standard InChI is InChI=1S/C16H18N2O2/c19-16(20)13-10-12-6-1-2-7-14(12)18-15(13)17-9-8-11-4-3-5-11/h1-2,6-7,10-11H,3-5,8-9H2,(H,17,18)(H,19,20). The smallest absolute Gasteiger partial charge is 0.339 e. The highest BCUT2D eigenvalue weighted by molar-refractivity contribution is 5.98. The van der Waals surface area contributed by atoms with Gasteiger partial charge in [-0.1, -0.05) is 37.5 Å². The normalized spacial score (nSPS) is 15.0. The number of nitrogens with one attached hydrogen (secondary N) is 1. The summed E-state index contributed by atoms with van der Waals surface area (Å²) in [6.07, 6.45) is 5.03. The third-order valence-corrected chi connectivity index (χ3v) is 4.02. The first-order chi connectivity index (χ1) is 9.74. The number of benzene rings is 1. The average molecular weight is 270 g/mol. The third-order valence-electron chi connectivity index (χ3n) is 4.02. The van der Waals surface area contributed by atoms with Crippen molar-refractivity contribution in [3.63, 3.8) is 0 Å². The van der Waals surface area contributed by atoms with E-state index < -0.39 is 5.97 Å². The first kappa shape index (κ1) is 12.9. The summed E-state index contributed by atoms with van der Waals surface area (Å²) < 4.78 is 0. The minimum Gasteiger partial charge on any atom is -0.478 e. The maximum atomic E-state index is 11.3. The molecule has 1 aromatic heterocycles. The molecular formula is C16H18N2O2. The SMILES string of the molecule is O=C(O)c1cc2ccccc2nc1NCCC1CCC1. The summed E-state index contributed by atoms with van der Waals surface area (Å²) in [4.78, 5) is 15.8. The van der Waals surface area contributed by atoms with E-state index in [-0.39, 0.29) is 5.56 Å². The Morgan fingerprint density at radius 1 is 1.35 bits per heavy atom. The van der Waals surface area contributed by atoms with E-state index in [1.165, 1.54) is 19.3 Å². The van der Waals surface area contributed by atoms with E-state index >= 15 is 0 Å². The van der Waals surface area contributed by atoms with Gasteiger partial charge in [-0.25, -0.2) is 9.78 Å². The van der Waals surface area contributed by atoms with E-state index in [2.05, 4.69) is 10.3 Å². The lowest BCUT2D eigenvalue weighted by molar-refractivity contribution is 0.0698. The molecule has 1 saturated carbocycles. The van der Waals surface area contributed by atoms with Crippen LogP contribution in [0.15, 0.2) is 30.3 Å². The van der Waals surface area contributed by atoms with E-state index in [9.17, 15) is 9.90 Å². The van der Waals surface area contributed by atoms with E-state index in [1.54, 1.807) is 6.07 Å². The highest BCUT2D eigenvalue weighted by Crippen LogP contribution is 2.29. The lowest BCUT2D eigenvalue weighted by atomic mass is 9.83. The molecule has 0 unspecified atom stereocenters. The second-order valence-corrected chi connectivity index (χ2v) is 5.39. The fourth-order valence-electron chi connectivity index (χ4n) is 2.59. The lowest BCUT2D eigenvalue weighted by Gasteiger charge is -2.25. The van der Waals surface area contributed by atoms with Gasteiger partial charge in [0.2, 0.25) is 0 Å². The van der Waals surface area contributed by atoms with Crippen LogP contribution in [-0.2, 0) is 0 Å². The van der Waals surface area contributed by atoms with Gasteiger partial charge in [-0.15, -0.1) is 0 Å². The van der Waals surface area contributed by atoms with Crippen LogP contribution in [0.4, 0.5) is 5.82 Å². The molecule has 0 bridgehead atoms. The molecule has 2 aromatic rings. The highest BCUT2D eigenvalue weighted by atomic mass is 16.4. The van der Waals surface area contributed by atoms with Crippen LogP contribution < -0.4 is 5.32 Å². The summed E-state index contributed by atoms with van der Waals surface area (Å²) in [5.74, 6) is 0.348. The molecule has 1 aliphatic rings. The van der Waals surface area contributed by atoms with Gasteiger partial charge in [-0.05, 0) is 24.5 Å². The van der Waals surface area contributed by atoms with Crippen LogP contribution in [0.1, 0.15) is 36.0 Å². The Balaban J connectivity index is 1.82. The number of nitrogens with zero attached hydrogens (tertiary/aromatic N) is 1. The zero-order chi connectivity index (χ0) is 13.9. The molecule has 0 amide bonds. The molecule has 1 aromatic carbocycles. The van der Waals surface area contributed by atoms with Crippen molar-refractivity contribution in [1.82, 2.24) is 4.98 Å². The van der Waals surface area contributed by atoms with Crippen LogP contribution >= 0.6 is 0 Å². The van der Waals surface area contributed by atoms with Gasteiger partial charge >= 0.3 is 5.97 Å². The Bertz CT molecular complexity index is 635.